The maximum absolute atomic E-state index is 12.5. The average Bonchev–Trinajstić information content (AvgIpc) is 2.85. The predicted octanol–water partition coefficient (Wildman–Crippen LogP) is 3.02. The van der Waals surface area contributed by atoms with Crippen molar-refractivity contribution < 1.29 is 19.1 Å². The third kappa shape index (κ3) is 5.13. The number of anilines is 2. The summed E-state index contributed by atoms with van der Waals surface area (Å²) in [6.07, 6.45) is 0.791. The maximum Gasteiger partial charge on any atom is 0.329 e. The van der Waals surface area contributed by atoms with Crippen LogP contribution in [0, 0.1) is 0 Å². The van der Waals surface area contributed by atoms with Crippen molar-refractivity contribution in [1.29, 1.82) is 0 Å². The number of rotatable bonds is 5. The zero-order valence-corrected chi connectivity index (χ0v) is 20.0. The molecular formula is C24H32N6O4. The van der Waals surface area contributed by atoms with E-state index in [1.165, 1.54) is 0 Å². The molecule has 1 atom stereocenters. The number of nitrogens with one attached hydrogen (secondary N) is 2. The molecule has 2 aromatic rings. The van der Waals surface area contributed by atoms with Crippen LogP contribution in [0.3, 0.4) is 0 Å². The fraction of sp³-hybridized carbons (Fsp3) is 0.500. The van der Waals surface area contributed by atoms with E-state index in [9.17, 15) is 9.59 Å². The molecule has 182 valence electrons. The molecule has 34 heavy (non-hydrogen) atoms. The second-order valence-electron chi connectivity index (χ2n) is 8.30. The standard InChI is InChI=1S/C24H32N6O4/c1-4-25-23(31)29(5-2)24(32)26-18-8-6-17(7-9-18)21-27-20-15-33-12-10-19(20)22(28-21)30-11-13-34-14-16(30)3/h6-9,16H,4-5,10-15H2,1-3H3,(H,25,31)(H,26,32)/t16-/m0/s1. The Morgan fingerprint density at radius 3 is 2.62 bits per heavy atom. The van der Waals surface area contributed by atoms with Gasteiger partial charge in [0, 0.05) is 42.9 Å². The molecule has 3 heterocycles. The van der Waals surface area contributed by atoms with E-state index in [1.807, 2.05) is 19.1 Å². The number of urea groups is 2. The number of imide groups is 1. The first-order valence-electron chi connectivity index (χ1n) is 11.8. The summed E-state index contributed by atoms with van der Waals surface area (Å²) in [7, 11) is 0. The maximum atomic E-state index is 12.5. The average molecular weight is 469 g/mol. The van der Waals surface area contributed by atoms with Crippen LogP contribution >= 0.6 is 0 Å². The summed E-state index contributed by atoms with van der Waals surface area (Å²) in [4.78, 5) is 37.8. The molecule has 0 spiro atoms. The highest BCUT2D eigenvalue weighted by Gasteiger charge is 2.27. The highest BCUT2D eigenvalue weighted by Crippen LogP contribution is 2.31. The molecule has 1 aromatic carbocycles. The van der Waals surface area contributed by atoms with Gasteiger partial charge in [-0.25, -0.2) is 24.5 Å². The van der Waals surface area contributed by atoms with Gasteiger partial charge >= 0.3 is 12.1 Å². The number of benzene rings is 1. The molecule has 10 nitrogen and oxygen atoms in total. The SMILES string of the molecule is CCNC(=O)N(CC)C(=O)Nc1ccc(-c2nc3c(c(N4CCOC[C@@H]4C)n2)CCOC3)cc1. The molecule has 10 heteroatoms. The molecule has 4 rings (SSSR count). The Hall–Kier alpha value is -3.24. The van der Waals surface area contributed by atoms with E-state index in [-0.39, 0.29) is 12.6 Å². The molecule has 1 fully saturated rings. The summed E-state index contributed by atoms with van der Waals surface area (Å²) in [5.74, 6) is 1.57. The van der Waals surface area contributed by atoms with Gasteiger partial charge in [-0.1, -0.05) is 0 Å². The molecule has 0 unspecified atom stereocenters. The molecule has 1 aromatic heterocycles. The van der Waals surface area contributed by atoms with Gasteiger partial charge in [0.25, 0.3) is 0 Å². The lowest BCUT2D eigenvalue weighted by atomic mass is 10.1. The van der Waals surface area contributed by atoms with Crippen molar-refractivity contribution in [1.82, 2.24) is 20.2 Å². The smallest absolute Gasteiger partial charge is 0.329 e. The van der Waals surface area contributed by atoms with E-state index in [0.29, 0.717) is 44.5 Å². The molecule has 4 amide bonds. The van der Waals surface area contributed by atoms with E-state index in [2.05, 4.69) is 22.5 Å². The molecule has 0 saturated carbocycles. The number of fused-ring (bicyclic) bond motifs is 1. The minimum absolute atomic E-state index is 0.229. The summed E-state index contributed by atoms with van der Waals surface area (Å²) in [5.41, 5.74) is 3.49. The summed E-state index contributed by atoms with van der Waals surface area (Å²) < 4.78 is 11.3. The summed E-state index contributed by atoms with van der Waals surface area (Å²) in [6.45, 7) is 9.69. The Morgan fingerprint density at radius 1 is 1.12 bits per heavy atom. The van der Waals surface area contributed by atoms with Crippen LogP contribution in [0.2, 0.25) is 0 Å². The molecular weight excluding hydrogens is 436 g/mol. The van der Waals surface area contributed by atoms with Crippen molar-refractivity contribution in [2.75, 3.05) is 49.7 Å². The van der Waals surface area contributed by atoms with Gasteiger partial charge in [0.2, 0.25) is 0 Å². The van der Waals surface area contributed by atoms with Gasteiger partial charge in [0.15, 0.2) is 5.82 Å². The number of nitrogens with zero attached hydrogens (tertiary/aromatic N) is 4. The minimum Gasteiger partial charge on any atom is -0.377 e. The topological polar surface area (TPSA) is 109 Å². The van der Waals surface area contributed by atoms with Gasteiger partial charge in [-0.05, 0) is 45.0 Å². The van der Waals surface area contributed by atoms with Crippen LogP contribution in [0.1, 0.15) is 32.0 Å². The Bertz CT molecular complexity index is 1030. The number of morpholine rings is 1. The van der Waals surface area contributed by atoms with Crippen LogP contribution in [0.5, 0.6) is 0 Å². The van der Waals surface area contributed by atoms with Crippen molar-refractivity contribution in [3.63, 3.8) is 0 Å². The molecule has 0 aliphatic carbocycles. The van der Waals surface area contributed by atoms with Crippen molar-refractivity contribution in [2.24, 2.45) is 0 Å². The lowest BCUT2D eigenvalue weighted by Crippen LogP contribution is -2.45. The fourth-order valence-electron chi connectivity index (χ4n) is 4.16. The van der Waals surface area contributed by atoms with Gasteiger partial charge < -0.3 is 25.0 Å². The second kappa shape index (κ2) is 10.8. The lowest BCUT2D eigenvalue weighted by molar-refractivity contribution is 0.0965. The minimum atomic E-state index is -0.480. The van der Waals surface area contributed by atoms with E-state index >= 15 is 0 Å². The van der Waals surface area contributed by atoms with E-state index < -0.39 is 12.1 Å². The first-order chi connectivity index (χ1) is 16.5. The first kappa shape index (κ1) is 23.9. The molecule has 2 N–H and O–H groups in total. The van der Waals surface area contributed by atoms with Gasteiger partial charge in [-0.3, -0.25) is 0 Å². The van der Waals surface area contributed by atoms with Crippen molar-refractivity contribution in [3.05, 3.63) is 35.5 Å². The molecule has 0 bridgehead atoms. The Labute approximate surface area is 199 Å². The molecule has 2 aliphatic heterocycles. The number of ether oxygens (including phenoxy) is 2. The Balaban J connectivity index is 1.57. The zero-order valence-electron chi connectivity index (χ0n) is 20.0. The largest absolute Gasteiger partial charge is 0.377 e. The molecule has 1 saturated heterocycles. The van der Waals surface area contributed by atoms with Crippen LogP contribution < -0.4 is 15.5 Å². The normalized spacial score (nSPS) is 17.6. The van der Waals surface area contributed by atoms with Gasteiger partial charge in [-0.15, -0.1) is 0 Å². The van der Waals surface area contributed by atoms with E-state index in [1.54, 1.807) is 19.1 Å². The van der Waals surface area contributed by atoms with Crippen LogP contribution in [-0.2, 0) is 22.5 Å². The fourth-order valence-corrected chi connectivity index (χ4v) is 4.16. The Kier molecular flexibility index (Phi) is 7.59. The van der Waals surface area contributed by atoms with Gasteiger partial charge in [0.05, 0.1) is 38.2 Å². The highest BCUT2D eigenvalue weighted by molar-refractivity contribution is 6.00. The zero-order chi connectivity index (χ0) is 24.1. The third-order valence-electron chi connectivity index (χ3n) is 5.97. The highest BCUT2D eigenvalue weighted by atomic mass is 16.5. The van der Waals surface area contributed by atoms with Crippen LogP contribution in [-0.4, -0.2) is 72.4 Å². The molecule has 0 radical (unpaired) electrons. The van der Waals surface area contributed by atoms with Gasteiger partial charge in [-0.2, -0.15) is 0 Å². The number of carbonyl (C=O) groups is 2. The third-order valence-corrected chi connectivity index (χ3v) is 5.97. The predicted molar refractivity (Wildman–Crippen MR) is 129 cm³/mol. The van der Waals surface area contributed by atoms with Crippen molar-refractivity contribution >= 4 is 23.6 Å². The van der Waals surface area contributed by atoms with E-state index in [0.717, 1.165) is 40.5 Å². The lowest BCUT2D eigenvalue weighted by Gasteiger charge is -2.36. The number of hydrogen-bond donors (Lipinski definition) is 2. The summed E-state index contributed by atoms with van der Waals surface area (Å²) in [5, 5.41) is 5.41. The van der Waals surface area contributed by atoms with Crippen LogP contribution in [0.4, 0.5) is 21.1 Å². The number of aromatic nitrogens is 2. The molecule has 2 aliphatic rings. The first-order valence-corrected chi connectivity index (χ1v) is 11.8. The van der Waals surface area contributed by atoms with E-state index in [4.69, 9.17) is 19.4 Å². The second-order valence-corrected chi connectivity index (χ2v) is 8.30. The summed E-state index contributed by atoms with van der Waals surface area (Å²) >= 11 is 0. The summed E-state index contributed by atoms with van der Waals surface area (Å²) in [6, 6.07) is 6.64. The van der Waals surface area contributed by atoms with Crippen LogP contribution in [0.15, 0.2) is 24.3 Å². The number of carbonyl (C=O) groups excluding carboxylic acids is 2. The monoisotopic (exact) mass is 468 g/mol. The van der Waals surface area contributed by atoms with Crippen molar-refractivity contribution in [2.45, 2.75) is 39.8 Å². The van der Waals surface area contributed by atoms with Gasteiger partial charge in [0.1, 0.15) is 5.82 Å². The number of amides is 4. The van der Waals surface area contributed by atoms with Crippen molar-refractivity contribution in [3.8, 4) is 11.4 Å². The Morgan fingerprint density at radius 2 is 1.91 bits per heavy atom. The van der Waals surface area contributed by atoms with Crippen LogP contribution in [0.25, 0.3) is 11.4 Å². The number of hydrogen-bond acceptors (Lipinski definition) is 7. The quantitative estimate of drug-likeness (QED) is 0.694.